The molecule has 0 radical (unpaired) electrons. The van der Waals surface area contributed by atoms with Gasteiger partial charge in [-0.25, -0.2) is 0 Å². The summed E-state index contributed by atoms with van der Waals surface area (Å²) in [7, 11) is -2.04. The van der Waals surface area contributed by atoms with Crippen LogP contribution in [0.4, 0.5) is 0 Å². The van der Waals surface area contributed by atoms with Crippen LogP contribution in [0.25, 0.3) is 0 Å². The third-order valence-electron chi connectivity index (χ3n) is 4.61. The van der Waals surface area contributed by atoms with Crippen LogP contribution in [-0.4, -0.2) is 54.8 Å². The van der Waals surface area contributed by atoms with E-state index in [0.717, 1.165) is 12.8 Å². The highest BCUT2D eigenvalue weighted by molar-refractivity contribution is 7.86. The molecule has 1 aliphatic carbocycles. The molecule has 0 aromatic carbocycles. The zero-order valence-electron chi connectivity index (χ0n) is 12.0. The van der Waals surface area contributed by atoms with E-state index in [2.05, 4.69) is 0 Å². The Bertz CT molecular complexity index is 451. The second kappa shape index (κ2) is 6.41. The number of carboxylic acid groups (broad SMARTS) is 1. The number of carbonyl (C=O) groups is 1. The molecular weight excluding hydrogens is 280 g/mol. The van der Waals surface area contributed by atoms with Gasteiger partial charge in [-0.3, -0.25) is 4.79 Å². The summed E-state index contributed by atoms with van der Waals surface area (Å²) in [4.78, 5) is 10.6. The summed E-state index contributed by atoms with van der Waals surface area (Å²) in [5, 5.41) is 8.66. The first-order valence-electron chi connectivity index (χ1n) is 7.34. The van der Waals surface area contributed by atoms with E-state index in [4.69, 9.17) is 5.11 Å². The second-order valence-corrected chi connectivity index (χ2v) is 7.96. The van der Waals surface area contributed by atoms with Gasteiger partial charge in [-0.15, -0.1) is 0 Å². The molecule has 1 heterocycles. The quantitative estimate of drug-likeness (QED) is 0.826. The lowest BCUT2D eigenvalue weighted by Gasteiger charge is -2.41. The van der Waals surface area contributed by atoms with E-state index < -0.39 is 16.2 Å². The van der Waals surface area contributed by atoms with Crippen LogP contribution in [0.2, 0.25) is 0 Å². The third-order valence-corrected chi connectivity index (χ3v) is 6.57. The van der Waals surface area contributed by atoms with Gasteiger partial charge in [0.25, 0.3) is 10.2 Å². The normalized spacial score (nSPS) is 28.3. The fourth-order valence-electron chi connectivity index (χ4n) is 3.34. The average molecular weight is 304 g/mol. The molecule has 7 heteroatoms. The van der Waals surface area contributed by atoms with Crippen molar-refractivity contribution in [1.29, 1.82) is 0 Å². The Labute approximate surface area is 120 Å². The van der Waals surface area contributed by atoms with Crippen molar-refractivity contribution in [3.63, 3.8) is 0 Å². The lowest BCUT2D eigenvalue weighted by Crippen LogP contribution is -2.49. The van der Waals surface area contributed by atoms with Crippen molar-refractivity contribution in [2.45, 2.75) is 38.5 Å². The zero-order chi connectivity index (χ0) is 14.8. The number of piperidine rings is 1. The van der Waals surface area contributed by atoms with Gasteiger partial charge in [-0.1, -0.05) is 19.3 Å². The third kappa shape index (κ3) is 3.51. The fraction of sp³-hybridized carbons (Fsp3) is 0.923. The number of rotatable bonds is 5. The van der Waals surface area contributed by atoms with Gasteiger partial charge in [0.15, 0.2) is 0 Å². The van der Waals surface area contributed by atoms with Crippen LogP contribution < -0.4 is 0 Å². The van der Waals surface area contributed by atoms with Crippen molar-refractivity contribution in [2.24, 2.45) is 11.8 Å². The molecule has 6 nitrogen and oxygen atoms in total. The van der Waals surface area contributed by atoms with Crippen molar-refractivity contribution >= 4 is 16.2 Å². The highest BCUT2D eigenvalue weighted by Crippen LogP contribution is 2.37. The largest absolute Gasteiger partial charge is 0.481 e. The lowest BCUT2D eigenvalue weighted by molar-refractivity contribution is -0.137. The van der Waals surface area contributed by atoms with Crippen molar-refractivity contribution in [3.8, 4) is 0 Å². The molecule has 0 bridgehead atoms. The van der Waals surface area contributed by atoms with Crippen LogP contribution in [0.5, 0.6) is 0 Å². The minimum Gasteiger partial charge on any atom is -0.481 e. The van der Waals surface area contributed by atoms with Gasteiger partial charge in [-0.2, -0.15) is 17.0 Å². The Balaban J connectivity index is 1.97. The predicted molar refractivity (Wildman–Crippen MR) is 75.4 cm³/mol. The van der Waals surface area contributed by atoms with Crippen LogP contribution in [0.1, 0.15) is 38.5 Å². The molecule has 2 aliphatic rings. The van der Waals surface area contributed by atoms with Crippen molar-refractivity contribution in [2.75, 3.05) is 26.7 Å². The molecule has 0 amide bonds. The highest BCUT2D eigenvalue weighted by atomic mass is 32.2. The Kier molecular flexibility index (Phi) is 5.04. The molecule has 1 saturated heterocycles. The van der Waals surface area contributed by atoms with Crippen molar-refractivity contribution in [1.82, 2.24) is 8.61 Å². The number of aliphatic carboxylic acids is 1. The Morgan fingerprint density at radius 1 is 1.25 bits per heavy atom. The van der Waals surface area contributed by atoms with E-state index in [1.54, 1.807) is 4.31 Å². The molecule has 2 atom stereocenters. The highest BCUT2D eigenvalue weighted by Gasteiger charge is 2.37. The topological polar surface area (TPSA) is 77.9 Å². The maximum atomic E-state index is 12.4. The molecule has 2 unspecified atom stereocenters. The van der Waals surface area contributed by atoms with Crippen molar-refractivity contribution < 1.29 is 18.3 Å². The van der Waals surface area contributed by atoms with E-state index in [1.165, 1.54) is 30.6 Å². The standard InChI is InChI=1S/C13H24N2O4S/c1-14(8-7-13(16)17)20(18,19)15-9-6-11-4-2-3-5-12(11)10-15/h11-12H,2-10H2,1H3,(H,16,17). The Hall–Kier alpha value is -0.660. The summed E-state index contributed by atoms with van der Waals surface area (Å²) in [6.45, 7) is 1.20. The van der Waals surface area contributed by atoms with Crippen LogP contribution >= 0.6 is 0 Å². The molecule has 20 heavy (non-hydrogen) atoms. The SMILES string of the molecule is CN(CCC(=O)O)S(=O)(=O)N1CCC2CCCCC2C1. The van der Waals surface area contributed by atoms with Gasteiger partial charge in [0.2, 0.25) is 0 Å². The van der Waals surface area contributed by atoms with Gasteiger partial charge in [0.05, 0.1) is 6.42 Å². The summed E-state index contributed by atoms with van der Waals surface area (Å²) in [6.07, 6.45) is 5.60. The van der Waals surface area contributed by atoms with Crippen LogP contribution in [0.15, 0.2) is 0 Å². The summed E-state index contributed by atoms with van der Waals surface area (Å²) < 4.78 is 27.6. The van der Waals surface area contributed by atoms with Gasteiger partial charge in [0.1, 0.15) is 0 Å². The Morgan fingerprint density at radius 2 is 1.90 bits per heavy atom. The molecule has 1 saturated carbocycles. The predicted octanol–water partition coefficient (Wildman–Crippen LogP) is 1.15. The van der Waals surface area contributed by atoms with E-state index >= 15 is 0 Å². The van der Waals surface area contributed by atoms with Crippen LogP contribution in [0, 0.1) is 11.8 Å². The maximum absolute atomic E-state index is 12.4. The summed E-state index contributed by atoms with van der Waals surface area (Å²) in [5.41, 5.74) is 0. The molecule has 0 aromatic rings. The van der Waals surface area contributed by atoms with Crippen LogP contribution in [-0.2, 0) is 15.0 Å². The first-order chi connectivity index (χ1) is 9.41. The first kappa shape index (κ1) is 15.7. The van der Waals surface area contributed by atoms with E-state index in [-0.39, 0.29) is 13.0 Å². The first-order valence-corrected chi connectivity index (χ1v) is 8.74. The zero-order valence-corrected chi connectivity index (χ0v) is 12.8. The number of nitrogens with zero attached hydrogens (tertiary/aromatic N) is 2. The lowest BCUT2D eigenvalue weighted by atomic mass is 9.76. The van der Waals surface area contributed by atoms with Crippen molar-refractivity contribution in [3.05, 3.63) is 0 Å². The van der Waals surface area contributed by atoms with E-state index in [0.29, 0.717) is 24.9 Å². The summed E-state index contributed by atoms with van der Waals surface area (Å²) in [6, 6.07) is 0. The van der Waals surface area contributed by atoms with E-state index in [1.807, 2.05) is 0 Å². The monoisotopic (exact) mass is 304 g/mol. The molecule has 1 N–H and O–H groups in total. The minimum atomic E-state index is -3.50. The fourth-order valence-corrected chi connectivity index (χ4v) is 4.77. The molecule has 0 aromatic heterocycles. The van der Waals surface area contributed by atoms with Crippen LogP contribution in [0.3, 0.4) is 0 Å². The maximum Gasteiger partial charge on any atom is 0.304 e. The molecule has 116 valence electrons. The number of carboxylic acids is 1. The summed E-state index contributed by atoms with van der Waals surface area (Å²) in [5.74, 6) is 0.192. The van der Waals surface area contributed by atoms with E-state index in [9.17, 15) is 13.2 Å². The molecule has 2 fully saturated rings. The average Bonchev–Trinajstić information content (AvgIpc) is 2.44. The minimum absolute atomic E-state index is 0.0300. The second-order valence-electron chi connectivity index (χ2n) is 5.92. The number of hydrogen-bond acceptors (Lipinski definition) is 3. The Morgan fingerprint density at radius 3 is 2.55 bits per heavy atom. The smallest absolute Gasteiger partial charge is 0.304 e. The summed E-state index contributed by atoms with van der Waals surface area (Å²) >= 11 is 0. The number of hydrogen-bond donors (Lipinski definition) is 1. The molecule has 0 spiro atoms. The van der Waals surface area contributed by atoms with Gasteiger partial charge in [-0.05, 0) is 24.7 Å². The molecular formula is C13H24N2O4S. The number of fused-ring (bicyclic) bond motifs is 1. The molecule has 2 rings (SSSR count). The van der Waals surface area contributed by atoms with Gasteiger partial charge in [0, 0.05) is 26.7 Å². The van der Waals surface area contributed by atoms with Gasteiger partial charge < -0.3 is 5.11 Å². The van der Waals surface area contributed by atoms with Gasteiger partial charge >= 0.3 is 5.97 Å². The molecule has 1 aliphatic heterocycles.